The summed E-state index contributed by atoms with van der Waals surface area (Å²) in [5.74, 6) is 1.07. The van der Waals surface area contributed by atoms with Crippen molar-refractivity contribution in [1.29, 1.82) is 0 Å². The van der Waals surface area contributed by atoms with Crippen LogP contribution in [-0.4, -0.2) is 18.1 Å². The Morgan fingerprint density at radius 1 is 1.54 bits per heavy atom. The van der Waals surface area contributed by atoms with E-state index in [1.807, 2.05) is 19.2 Å². The van der Waals surface area contributed by atoms with Gasteiger partial charge in [0.05, 0.1) is 0 Å². The third-order valence-corrected chi connectivity index (χ3v) is 2.48. The maximum atomic E-state index is 5.80. The highest BCUT2D eigenvalue weighted by Crippen LogP contribution is 2.20. The molecule has 0 spiro atoms. The maximum absolute atomic E-state index is 5.80. The van der Waals surface area contributed by atoms with E-state index in [9.17, 15) is 0 Å². The van der Waals surface area contributed by atoms with E-state index in [0.717, 1.165) is 24.5 Å². The van der Waals surface area contributed by atoms with Gasteiger partial charge >= 0.3 is 0 Å². The quantitative estimate of drug-likeness (QED) is 0.740. The van der Waals surface area contributed by atoms with Crippen LogP contribution in [0, 0.1) is 0 Å². The average molecular weight is 177 g/mol. The predicted octanol–water partition coefficient (Wildman–Crippen LogP) is 1.31. The van der Waals surface area contributed by atoms with E-state index in [2.05, 4.69) is 16.0 Å². The van der Waals surface area contributed by atoms with Crippen LogP contribution in [-0.2, 0) is 0 Å². The molecule has 3 nitrogen and oxygen atoms in total. The molecule has 0 aromatic carbocycles. The summed E-state index contributed by atoms with van der Waals surface area (Å²) in [6.07, 6.45) is 3.12. The first-order chi connectivity index (χ1) is 6.27. The highest BCUT2D eigenvalue weighted by atomic mass is 15.2. The van der Waals surface area contributed by atoms with Crippen molar-refractivity contribution in [3.8, 4) is 0 Å². The summed E-state index contributed by atoms with van der Waals surface area (Å²) in [6, 6.07) is 4.17. The number of nitrogens with two attached hydrogens (primary N) is 1. The number of anilines is 1. The zero-order valence-corrected chi connectivity index (χ0v) is 7.90. The van der Waals surface area contributed by atoms with Crippen molar-refractivity contribution in [2.45, 2.75) is 19.4 Å². The number of aromatic nitrogens is 1. The molecule has 1 aromatic heterocycles. The SMILES string of the molecule is C[C@@H](N)c1ccnc(N2CCC2)c1. The molecule has 13 heavy (non-hydrogen) atoms. The second kappa shape index (κ2) is 3.34. The predicted molar refractivity (Wildman–Crippen MR) is 53.7 cm³/mol. The number of hydrogen-bond donors (Lipinski definition) is 1. The van der Waals surface area contributed by atoms with Crippen LogP contribution >= 0.6 is 0 Å². The molecule has 1 atom stereocenters. The van der Waals surface area contributed by atoms with E-state index in [1.54, 1.807) is 0 Å². The van der Waals surface area contributed by atoms with Gasteiger partial charge in [0.1, 0.15) is 5.82 Å². The Balaban J connectivity index is 2.21. The monoisotopic (exact) mass is 177 g/mol. The average Bonchev–Trinajstić information content (AvgIpc) is 2.01. The van der Waals surface area contributed by atoms with Crippen molar-refractivity contribution in [3.63, 3.8) is 0 Å². The van der Waals surface area contributed by atoms with Crippen LogP contribution in [0.5, 0.6) is 0 Å². The molecule has 2 heterocycles. The van der Waals surface area contributed by atoms with E-state index in [1.165, 1.54) is 6.42 Å². The molecule has 0 radical (unpaired) electrons. The largest absolute Gasteiger partial charge is 0.356 e. The second-order valence-electron chi connectivity index (χ2n) is 3.58. The lowest BCUT2D eigenvalue weighted by Crippen LogP contribution is -2.37. The Labute approximate surface area is 78.6 Å². The summed E-state index contributed by atoms with van der Waals surface area (Å²) in [6.45, 7) is 4.26. The minimum Gasteiger partial charge on any atom is -0.356 e. The molecule has 0 unspecified atom stereocenters. The van der Waals surface area contributed by atoms with Crippen LogP contribution in [0.3, 0.4) is 0 Å². The fourth-order valence-corrected chi connectivity index (χ4v) is 1.44. The van der Waals surface area contributed by atoms with Gasteiger partial charge in [-0.3, -0.25) is 0 Å². The lowest BCUT2D eigenvalue weighted by atomic mass is 10.1. The molecular weight excluding hydrogens is 162 g/mol. The summed E-state index contributed by atoms with van der Waals surface area (Å²) in [4.78, 5) is 6.58. The Bertz CT molecular complexity index is 292. The molecule has 0 bridgehead atoms. The molecule has 1 aliphatic rings. The molecule has 0 aliphatic carbocycles. The van der Waals surface area contributed by atoms with Crippen LogP contribution in [0.15, 0.2) is 18.3 Å². The fourth-order valence-electron chi connectivity index (χ4n) is 1.44. The van der Waals surface area contributed by atoms with Gasteiger partial charge in [0.15, 0.2) is 0 Å². The third-order valence-electron chi connectivity index (χ3n) is 2.48. The normalized spacial score (nSPS) is 18.2. The molecule has 2 rings (SSSR count). The molecule has 1 fully saturated rings. The molecular formula is C10H15N3. The minimum absolute atomic E-state index is 0.100. The number of nitrogens with zero attached hydrogens (tertiary/aromatic N) is 2. The van der Waals surface area contributed by atoms with Gasteiger partial charge in [-0.25, -0.2) is 4.98 Å². The van der Waals surface area contributed by atoms with E-state index >= 15 is 0 Å². The first-order valence-corrected chi connectivity index (χ1v) is 4.74. The summed E-state index contributed by atoms with van der Waals surface area (Å²) < 4.78 is 0. The van der Waals surface area contributed by atoms with E-state index in [-0.39, 0.29) is 6.04 Å². The molecule has 1 aromatic rings. The maximum Gasteiger partial charge on any atom is 0.128 e. The van der Waals surface area contributed by atoms with Crippen molar-refractivity contribution in [2.75, 3.05) is 18.0 Å². The van der Waals surface area contributed by atoms with Gasteiger partial charge in [-0.05, 0) is 31.0 Å². The number of pyridine rings is 1. The minimum atomic E-state index is 0.100. The van der Waals surface area contributed by atoms with E-state index in [0.29, 0.717) is 0 Å². The summed E-state index contributed by atoms with van der Waals surface area (Å²) in [5, 5.41) is 0. The first-order valence-electron chi connectivity index (χ1n) is 4.74. The van der Waals surface area contributed by atoms with Crippen molar-refractivity contribution >= 4 is 5.82 Å². The summed E-state index contributed by atoms with van der Waals surface area (Å²) >= 11 is 0. The molecule has 1 saturated heterocycles. The second-order valence-corrected chi connectivity index (χ2v) is 3.58. The van der Waals surface area contributed by atoms with Gasteiger partial charge in [-0.15, -0.1) is 0 Å². The van der Waals surface area contributed by atoms with Gasteiger partial charge in [-0.2, -0.15) is 0 Å². The van der Waals surface area contributed by atoms with Crippen LogP contribution < -0.4 is 10.6 Å². The van der Waals surface area contributed by atoms with E-state index in [4.69, 9.17) is 5.73 Å². The highest BCUT2D eigenvalue weighted by molar-refractivity contribution is 5.43. The Hall–Kier alpha value is -1.09. The van der Waals surface area contributed by atoms with Crippen molar-refractivity contribution in [1.82, 2.24) is 4.98 Å². The Morgan fingerprint density at radius 3 is 2.85 bits per heavy atom. The molecule has 3 heteroatoms. The van der Waals surface area contributed by atoms with Gasteiger partial charge < -0.3 is 10.6 Å². The number of hydrogen-bond acceptors (Lipinski definition) is 3. The molecule has 1 aliphatic heterocycles. The van der Waals surface area contributed by atoms with Crippen LogP contribution in [0.2, 0.25) is 0 Å². The topological polar surface area (TPSA) is 42.1 Å². The van der Waals surface area contributed by atoms with E-state index < -0.39 is 0 Å². The fraction of sp³-hybridized carbons (Fsp3) is 0.500. The number of rotatable bonds is 2. The van der Waals surface area contributed by atoms with Crippen molar-refractivity contribution < 1.29 is 0 Å². The molecule has 0 saturated carbocycles. The molecule has 70 valence electrons. The molecule has 2 N–H and O–H groups in total. The smallest absolute Gasteiger partial charge is 0.128 e. The third kappa shape index (κ3) is 1.65. The zero-order valence-electron chi connectivity index (χ0n) is 7.90. The van der Waals surface area contributed by atoms with Gasteiger partial charge in [0.25, 0.3) is 0 Å². The zero-order chi connectivity index (χ0) is 9.26. The van der Waals surface area contributed by atoms with Gasteiger partial charge in [0.2, 0.25) is 0 Å². The van der Waals surface area contributed by atoms with Gasteiger partial charge in [-0.1, -0.05) is 0 Å². The van der Waals surface area contributed by atoms with Crippen LogP contribution in [0.25, 0.3) is 0 Å². The summed E-state index contributed by atoms with van der Waals surface area (Å²) in [5.41, 5.74) is 6.96. The Kier molecular flexibility index (Phi) is 2.19. The molecule has 0 amide bonds. The van der Waals surface area contributed by atoms with Crippen molar-refractivity contribution in [3.05, 3.63) is 23.9 Å². The van der Waals surface area contributed by atoms with Crippen LogP contribution in [0.4, 0.5) is 5.82 Å². The first kappa shape index (κ1) is 8.51. The highest BCUT2D eigenvalue weighted by Gasteiger charge is 2.15. The standard InChI is InChI=1S/C10H15N3/c1-8(11)9-3-4-12-10(7-9)13-5-2-6-13/h3-4,7-8H,2,5-6,11H2,1H3/t8-/m1/s1. The van der Waals surface area contributed by atoms with Crippen molar-refractivity contribution in [2.24, 2.45) is 5.73 Å². The lowest BCUT2D eigenvalue weighted by molar-refractivity contribution is 0.608. The Morgan fingerprint density at radius 2 is 2.31 bits per heavy atom. The van der Waals surface area contributed by atoms with Gasteiger partial charge in [0, 0.05) is 25.3 Å². The van der Waals surface area contributed by atoms with Crippen LogP contribution in [0.1, 0.15) is 24.9 Å². The lowest BCUT2D eigenvalue weighted by Gasteiger charge is -2.32. The summed E-state index contributed by atoms with van der Waals surface area (Å²) in [7, 11) is 0.